The van der Waals surface area contributed by atoms with Gasteiger partial charge in [0.1, 0.15) is 5.95 Å². The molecule has 0 saturated carbocycles. The molecule has 0 bridgehead atoms. The van der Waals surface area contributed by atoms with Crippen molar-refractivity contribution in [2.45, 2.75) is 58.0 Å². The first kappa shape index (κ1) is 19.2. The number of carbonyl (C=O) groups is 1. The number of fused-ring (bicyclic) bond motifs is 1. The van der Waals surface area contributed by atoms with Crippen molar-refractivity contribution in [1.29, 1.82) is 0 Å². The molecule has 8 nitrogen and oxygen atoms in total. The third-order valence-electron chi connectivity index (χ3n) is 5.29. The summed E-state index contributed by atoms with van der Waals surface area (Å²) in [7, 11) is 0. The average Bonchev–Trinajstić information content (AvgIpc) is 3.28. The van der Waals surface area contributed by atoms with Gasteiger partial charge in [0.15, 0.2) is 0 Å². The molecule has 4 rings (SSSR count). The average molecular weight is 395 g/mol. The van der Waals surface area contributed by atoms with Gasteiger partial charge in [0.05, 0.1) is 23.2 Å². The van der Waals surface area contributed by atoms with E-state index in [2.05, 4.69) is 65.2 Å². The Kier molecular flexibility index (Phi) is 4.86. The lowest BCUT2D eigenvalue weighted by molar-refractivity contribution is -0.751. The number of amides is 1. The van der Waals surface area contributed by atoms with Gasteiger partial charge in [-0.05, 0) is 42.4 Å². The maximum Gasteiger partial charge on any atom is 0.289 e. The second-order valence-corrected chi connectivity index (χ2v) is 8.49. The number of benzene rings is 1. The van der Waals surface area contributed by atoms with Crippen LogP contribution in [0.25, 0.3) is 5.69 Å². The fourth-order valence-corrected chi connectivity index (χ4v) is 3.76. The van der Waals surface area contributed by atoms with Crippen LogP contribution in [0.5, 0.6) is 5.95 Å². The highest BCUT2D eigenvalue weighted by atomic mass is 16.6. The summed E-state index contributed by atoms with van der Waals surface area (Å²) < 4.78 is 7.62. The molecule has 0 saturated heterocycles. The standard InChI is InChI=1S/C21H25N5O3/c1-21(2,3)14-7-9-15(10-8-14)26-18-6-4-5-17(16(18)11-22-26)23-19(27)12-25-13-20(28)29-24-25/h7-11,13,17H,4-6,12H2,1-3H3,(H-,23,24,27,28). The molecule has 29 heavy (non-hydrogen) atoms. The maximum absolute atomic E-state index is 12.4. The van der Waals surface area contributed by atoms with E-state index in [1.165, 1.54) is 10.2 Å². The molecule has 3 aromatic rings. The van der Waals surface area contributed by atoms with Gasteiger partial charge in [-0.3, -0.25) is 4.79 Å². The molecular weight excluding hydrogens is 370 g/mol. The Morgan fingerprint density at radius 2 is 2.10 bits per heavy atom. The maximum atomic E-state index is 12.4. The zero-order valence-corrected chi connectivity index (χ0v) is 16.9. The van der Waals surface area contributed by atoms with Gasteiger partial charge in [0, 0.05) is 11.3 Å². The van der Waals surface area contributed by atoms with Crippen LogP contribution < -0.4 is 15.1 Å². The number of hydrogen-bond donors (Lipinski definition) is 1. The van der Waals surface area contributed by atoms with Gasteiger partial charge in [-0.1, -0.05) is 37.6 Å². The van der Waals surface area contributed by atoms with Gasteiger partial charge in [-0.25, -0.2) is 4.68 Å². The van der Waals surface area contributed by atoms with Gasteiger partial charge in [0.2, 0.25) is 6.20 Å². The minimum absolute atomic E-state index is 0.0556. The summed E-state index contributed by atoms with van der Waals surface area (Å²) in [5, 5.41) is 22.2. The molecule has 1 aromatic carbocycles. The molecular formula is C21H25N5O3. The molecule has 1 atom stereocenters. The molecule has 1 aliphatic rings. The normalized spacial score (nSPS) is 16.4. The van der Waals surface area contributed by atoms with E-state index in [0.29, 0.717) is 0 Å². The first-order valence-electron chi connectivity index (χ1n) is 9.82. The number of hydrogen-bond acceptors (Lipinski definition) is 5. The van der Waals surface area contributed by atoms with Crippen LogP contribution in [0.1, 0.15) is 56.5 Å². The summed E-state index contributed by atoms with van der Waals surface area (Å²) in [6.45, 7) is 6.53. The van der Waals surface area contributed by atoms with Crippen LogP contribution in [0, 0.1) is 0 Å². The lowest BCUT2D eigenvalue weighted by atomic mass is 9.87. The molecule has 0 aliphatic heterocycles. The van der Waals surface area contributed by atoms with Crippen LogP contribution in [0.15, 0.2) is 41.2 Å². The minimum Gasteiger partial charge on any atom is -0.539 e. The number of nitrogens with zero attached hydrogens (tertiary/aromatic N) is 4. The van der Waals surface area contributed by atoms with Crippen molar-refractivity contribution in [2.24, 2.45) is 0 Å². The van der Waals surface area contributed by atoms with Gasteiger partial charge < -0.3 is 14.9 Å². The molecule has 1 N–H and O–H groups in total. The van der Waals surface area contributed by atoms with Gasteiger partial charge >= 0.3 is 0 Å². The summed E-state index contributed by atoms with van der Waals surface area (Å²) in [5.41, 5.74) is 4.57. The Balaban J connectivity index is 1.52. The van der Waals surface area contributed by atoms with Crippen LogP contribution in [0.4, 0.5) is 0 Å². The zero-order chi connectivity index (χ0) is 20.6. The highest BCUT2D eigenvalue weighted by molar-refractivity contribution is 5.75. The van der Waals surface area contributed by atoms with Gasteiger partial charge in [-0.15, -0.1) is 0 Å². The van der Waals surface area contributed by atoms with Crippen LogP contribution in [0.3, 0.4) is 0 Å². The van der Waals surface area contributed by atoms with Crippen LogP contribution in [-0.4, -0.2) is 21.0 Å². The summed E-state index contributed by atoms with van der Waals surface area (Å²) in [6.07, 6.45) is 5.73. The second-order valence-electron chi connectivity index (χ2n) is 8.49. The Morgan fingerprint density at radius 3 is 2.76 bits per heavy atom. The third-order valence-corrected chi connectivity index (χ3v) is 5.29. The number of nitrogens with one attached hydrogen (secondary N) is 1. The van der Waals surface area contributed by atoms with E-state index >= 15 is 0 Å². The molecule has 0 radical (unpaired) electrons. The smallest absolute Gasteiger partial charge is 0.289 e. The summed E-state index contributed by atoms with van der Waals surface area (Å²) in [5.74, 6) is -0.792. The molecule has 2 heterocycles. The molecule has 1 aliphatic carbocycles. The predicted octanol–water partition coefficient (Wildman–Crippen LogP) is 1.71. The predicted molar refractivity (Wildman–Crippen MR) is 102 cm³/mol. The topological polar surface area (TPSA) is 99.9 Å². The third kappa shape index (κ3) is 4.01. The van der Waals surface area contributed by atoms with E-state index in [1.54, 1.807) is 0 Å². The Bertz CT molecular complexity index is 1010. The van der Waals surface area contributed by atoms with E-state index in [1.807, 2.05) is 10.9 Å². The quantitative estimate of drug-likeness (QED) is 0.678. The monoisotopic (exact) mass is 395 g/mol. The van der Waals surface area contributed by atoms with E-state index in [4.69, 9.17) is 0 Å². The van der Waals surface area contributed by atoms with Crippen molar-refractivity contribution in [3.05, 3.63) is 53.5 Å². The Labute approximate surface area is 169 Å². The molecule has 8 heteroatoms. The molecule has 2 aromatic heterocycles. The molecule has 152 valence electrons. The summed E-state index contributed by atoms with van der Waals surface area (Å²) in [4.78, 5) is 12.4. The minimum atomic E-state index is -0.573. The van der Waals surface area contributed by atoms with Crippen molar-refractivity contribution < 1.29 is 19.1 Å². The van der Waals surface area contributed by atoms with Crippen LogP contribution in [-0.2, 0) is 23.2 Å². The Morgan fingerprint density at radius 1 is 1.34 bits per heavy atom. The summed E-state index contributed by atoms with van der Waals surface area (Å²) >= 11 is 0. The Hall–Kier alpha value is -3.16. The van der Waals surface area contributed by atoms with Gasteiger partial charge in [-0.2, -0.15) is 5.10 Å². The van der Waals surface area contributed by atoms with Crippen LogP contribution >= 0.6 is 0 Å². The fourth-order valence-electron chi connectivity index (χ4n) is 3.76. The second kappa shape index (κ2) is 7.35. The van der Waals surface area contributed by atoms with E-state index in [0.717, 1.165) is 42.4 Å². The van der Waals surface area contributed by atoms with E-state index in [9.17, 15) is 9.90 Å². The van der Waals surface area contributed by atoms with Crippen molar-refractivity contribution in [3.8, 4) is 11.6 Å². The molecule has 0 fully saturated rings. The highest BCUT2D eigenvalue weighted by Crippen LogP contribution is 2.31. The van der Waals surface area contributed by atoms with Crippen molar-refractivity contribution in [2.75, 3.05) is 0 Å². The SMILES string of the molecule is CC(C)(C)c1ccc(-n2ncc3c2CCCC3NC(=O)C[n+]2cc([O-])on2)cc1. The fraction of sp³-hybridized carbons (Fsp3) is 0.429. The largest absolute Gasteiger partial charge is 0.539 e. The number of aromatic nitrogens is 4. The lowest BCUT2D eigenvalue weighted by Gasteiger charge is -2.24. The first-order valence-corrected chi connectivity index (χ1v) is 9.82. The highest BCUT2D eigenvalue weighted by Gasteiger charge is 2.27. The van der Waals surface area contributed by atoms with E-state index in [-0.39, 0.29) is 23.9 Å². The number of carbonyl (C=O) groups excluding carboxylic acids is 1. The van der Waals surface area contributed by atoms with Gasteiger partial charge in [0.25, 0.3) is 12.5 Å². The summed E-state index contributed by atoms with van der Waals surface area (Å²) in [6, 6.07) is 8.37. The van der Waals surface area contributed by atoms with Crippen LogP contribution in [0.2, 0.25) is 0 Å². The first-order chi connectivity index (χ1) is 13.8. The van der Waals surface area contributed by atoms with Crippen molar-refractivity contribution in [3.63, 3.8) is 0 Å². The number of rotatable bonds is 4. The lowest BCUT2D eigenvalue weighted by Crippen LogP contribution is -2.45. The van der Waals surface area contributed by atoms with Crippen molar-refractivity contribution in [1.82, 2.24) is 20.4 Å². The zero-order valence-electron chi connectivity index (χ0n) is 16.9. The van der Waals surface area contributed by atoms with Crippen molar-refractivity contribution >= 4 is 5.91 Å². The molecule has 0 spiro atoms. The van der Waals surface area contributed by atoms with E-state index < -0.39 is 5.95 Å². The molecule has 1 amide bonds. The molecule has 1 unspecified atom stereocenters.